The Kier molecular flexibility index (Phi) is 10.9. The van der Waals surface area contributed by atoms with E-state index in [1.165, 1.54) is 6.07 Å². The van der Waals surface area contributed by atoms with Gasteiger partial charge in [-0.2, -0.15) is 11.8 Å². The molecule has 8 nitrogen and oxygen atoms in total. The van der Waals surface area contributed by atoms with E-state index in [0.29, 0.717) is 17.7 Å². The summed E-state index contributed by atoms with van der Waals surface area (Å²) in [6.07, 6.45) is 4.09. The van der Waals surface area contributed by atoms with Crippen molar-refractivity contribution in [1.82, 2.24) is 15.5 Å². The predicted octanol–water partition coefficient (Wildman–Crippen LogP) is 4.62. The molecule has 0 heterocycles. The number of benzene rings is 1. The van der Waals surface area contributed by atoms with E-state index in [-0.39, 0.29) is 35.6 Å². The van der Waals surface area contributed by atoms with Crippen LogP contribution in [0.5, 0.6) is 5.75 Å². The summed E-state index contributed by atoms with van der Waals surface area (Å²) in [5.41, 5.74) is -0.345. The van der Waals surface area contributed by atoms with Gasteiger partial charge in [0.15, 0.2) is 0 Å². The molecule has 0 aliphatic heterocycles. The number of aromatic hydroxyl groups is 1. The van der Waals surface area contributed by atoms with Gasteiger partial charge in [-0.05, 0) is 71.0 Å². The van der Waals surface area contributed by atoms with Crippen LogP contribution in [0.1, 0.15) is 78.8 Å². The van der Waals surface area contributed by atoms with Crippen LogP contribution in [0.25, 0.3) is 0 Å². The van der Waals surface area contributed by atoms with Gasteiger partial charge in [0.05, 0.1) is 0 Å². The van der Waals surface area contributed by atoms with Crippen LogP contribution in [0.4, 0.5) is 4.79 Å². The molecular formula is C27H43N3O5S. The molecule has 3 amide bonds. The third kappa shape index (κ3) is 8.61. The van der Waals surface area contributed by atoms with Crippen LogP contribution < -0.4 is 10.6 Å². The Morgan fingerprint density at radius 3 is 2.36 bits per heavy atom. The summed E-state index contributed by atoms with van der Waals surface area (Å²) in [5, 5.41) is 16.5. The SMILES string of the molecule is CCCC(C)NC(=O)C(c1ccccc1O)N(C(=O)C(CCSC)NC(=O)OC(C)(C)C)C1CC1C. The van der Waals surface area contributed by atoms with Gasteiger partial charge in [-0.1, -0.05) is 38.5 Å². The molecule has 1 aliphatic carbocycles. The molecule has 1 aromatic rings. The van der Waals surface area contributed by atoms with Crippen LogP contribution >= 0.6 is 11.8 Å². The molecule has 1 aliphatic rings. The molecule has 1 saturated carbocycles. The monoisotopic (exact) mass is 521 g/mol. The number of ether oxygens (including phenoxy) is 1. The smallest absolute Gasteiger partial charge is 0.408 e. The number of carbonyl (C=O) groups excluding carboxylic acids is 3. The van der Waals surface area contributed by atoms with Gasteiger partial charge in [0.1, 0.15) is 23.4 Å². The van der Waals surface area contributed by atoms with Crippen LogP contribution in [0.3, 0.4) is 0 Å². The van der Waals surface area contributed by atoms with E-state index in [4.69, 9.17) is 4.74 Å². The quantitative estimate of drug-likeness (QED) is 0.370. The number of para-hydroxylation sites is 1. The van der Waals surface area contributed by atoms with Crippen molar-refractivity contribution in [1.29, 1.82) is 0 Å². The number of nitrogens with one attached hydrogen (secondary N) is 2. The maximum atomic E-state index is 14.1. The fourth-order valence-electron chi connectivity index (χ4n) is 4.26. The average Bonchev–Trinajstić information content (AvgIpc) is 3.49. The van der Waals surface area contributed by atoms with Gasteiger partial charge in [0.25, 0.3) is 0 Å². The van der Waals surface area contributed by atoms with E-state index < -0.39 is 23.8 Å². The summed E-state index contributed by atoms with van der Waals surface area (Å²) >= 11 is 1.57. The molecule has 5 unspecified atom stereocenters. The molecule has 5 atom stereocenters. The summed E-state index contributed by atoms with van der Waals surface area (Å²) in [6, 6.07) is 4.48. The number of hydrogen-bond acceptors (Lipinski definition) is 6. The Labute approximate surface area is 219 Å². The van der Waals surface area contributed by atoms with E-state index >= 15 is 0 Å². The normalized spacial score (nSPS) is 19.5. The minimum Gasteiger partial charge on any atom is -0.508 e. The highest BCUT2D eigenvalue weighted by Crippen LogP contribution is 2.42. The summed E-state index contributed by atoms with van der Waals surface area (Å²) in [6.45, 7) is 11.3. The van der Waals surface area contributed by atoms with Crippen LogP contribution in [0.2, 0.25) is 0 Å². The molecule has 2 rings (SSSR count). The van der Waals surface area contributed by atoms with Crippen molar-refractivity contribution in [3.63, 3.8) is 0 Å². The zero-order valence-corrected chi connectivity index (χ0v) is 23.5. The van der Waals surface area contributed by atoms with Crippen LogP contribution in [-0.2, 0) is 14.3 Å². The third-order valence-electron chi connectivity index (χ3n) is 6.15. The molecule has 0 spiro atoms. The predicted molar refractivity (Wildman–Crippen MR) is 144 cm³/mol. The van der Waals surface area contributed by atoms with Gasteiger partial charge < -0.3 is 25.4 Å². The lowest BCUT2D eigenvalue weighted by atomic mass is 10.00. The van der Waals surface area contributed by atoms with Gasteiger partial charge >= 0.3 is 6.09 Å². The molecule has 1 fully saturated rings. The molecule has 36 heavy (non-hydrogen) atoms. The highest BCUT2D eigenvalue weighted by atomic mass is 32.2. The maximum absolute atomic E-state index is 14.1. The summed E-state index contributed by atoms with van der Waals surface area (Å²) < 4.78 is 5.42. The lowest BCUT2D eigenvalue weighted by Crippen LogP contribution is -2.54. The molecule has 0 bridgehead atoms. The van der Waals surface area contributed by atoms with Crippen molar-refractivity contribution in [3.05, 3.63) is 29.8 Å². The minimum atomic E-state index is -1.02. The number of alkyl carbamates (subject to hydrolysis) is 1. The van der Waals surface area contributed by atoms with E-state index in [1.807, 2.05) is 27.0 Å². The highest BCUT2D eigenvalue weighted by Gasteiger charge is 2.48. The molecule has 9 heteroatoms. The molecule has 0 saturated heterocycles. The number of amides is 3. The van der Waals surface area contributed by atoms with Crippen LogP contribution in [0.15, 0.2) is 24.3 Å². The number of thioether (sulfide) groups is 1. The molecule has 0 aromatic heterocycles. The highest BCUT2D eigenvalue weighted by molar-refractivity contribution is 7.98. The number of phenols is 1. The zero-order chi connectivity index (χ0) is 27.0. The Morgan fingerprint density at radius 1 is 1.19 bits per heavy atom. The van der Waals surface area contributed by atoms with Crippen molar-refractivity contribution >= 4 is 29.7 Å². The first-order chi connectivity index (χ1) is 16.9. The van der Waals surface area contributed by atoms with Crippen molar-refractivity contribution < 1.29 is 24.2 Å². The first-order valence-electron chi connectivity index (χ1n) is 12.8. The summed E-state index contributed by atoms with van der Waals surface area (Å²) in [7, 11) is 0. The van der Waals surface area contributed by atoms with Gasteiger partial charge in [0.2, 0.25) is 11.8 Å². The van der Waals surface area contributed by atoms with Gasteiger partial charge in [0, 0.05) is 17.6 Å². The topological polar surface area (TPSA) is 108 Å². The van der Waals surface area contributed by atoms with Crippen LogP contribution in [-0.4, -0.2) is 63.6 Å². The average molecular weight is 522 g/mol. The first kappa shape index (κ1) is 29.8. The first-order valence-corrected chi connectivity index (χ1v) is 14.2. The van der Waals surface area contributed by atoms with E-state index in [9.17, 15) is 19.5 Å². The fraction of sp³-hybridized carbons (Fsp3) is 0.667. The second-order valence-electron chi connectivity index (χ2n) is 10.7. The van der Waals surface area contributed by atoms with Crippen molar-refractivity contribution in [2.45, 2.75) is 97.0 Å². The molecule has 0 radical (unpaired) electrons. The maximum Gasteiger partial charge on any atom is 0.408 e. The number of rotatable bonds is 12. The lowest BCUT2D eigenvalue weighted by molar-refractivity contribution is -0.143. The van der Waals surface area contributed by atoms with Crippen molar-refractivity contribution in [2.24, 2.45) is 5.92 Å². The number of phenolic OH excluding ortho intramolecular Hbond substituents is 1. The van der Waals surface area contributed by atoms with E-state index in [2.05, 4.69) is 10.6 Å². The molecular weight excluding hydrogens is 478 g/mol. The number of carbonyl (C=O) groups is 3. The molecule has 202 valence electrons. The van der Waals surface area contributed by atoms with Gasteiger partial charge in [-0.25, -0.2) is 4.79 Å². The van der Waals surface area contributed by atoms with E-state index in [1.54, 1.807) is 55.6 Å². The second-order valence-corrected chi connectivity index (χ2v) is 11.7. The summed E-state index contributed by atoms with van der Waals surface area (Å²) in [4.78, 5) is 42.0. The van der Waals surface area contributed by atoms with E-state index in [0.717, 1.165) is 19.3 Å². The van der Waals surface area contributed by atoms with Crippen molar-refractivity contribution in [3.8, 4) is 5.75 Å². The second kappa shape index (κ2) is 13.2. The van der Waals surface area contributed by atoms with Gasteiger partial charge in [-0.3, -0.25) is 9.59 Å². The number of hydrogen-bond donors (Lipinski definition) is 3. The third-order valence-corrected chi connectivity index (χ3v) is 6.79. The van der Waals surface area contributed by atoms with Crippen molar-refractivity contribution in [2.75, 3.05) is 12.0 Å². The zero-order valence-electron chi connectivity index (χ0n) is 22.7. The Hall–Kier alpha value is -2.42. The Bertz CT molecular complexity index is 904. The largest absolute Gasteiger partial charge is 0.508 e. The standard InChI is InChI=1S/C27H43N3O5S/c1-8-11-18(3)28-24(32)23(19-12-9-10-13-22(19)31)30(21-16-17(21)2)25(33)20(14-15-36-7)29-26(34)35-27(4,5)6/h9-10,12-13,17-18,20-21,23,31H,8,11,14-16H2,1-7H3,(H,28,32)(H,29,34). The molecule has 3 N–H and O–H groups in total. The lowest BCUT2D eigenvalue weighted by Gasteiger charge is -2.35. The minimum absolute atomic E-state index is 0.0485. The molecule has 1 aromatic carbocycles. The fourth-order valence-corrected chi connectivity index (χ4v) is 4.73. The van der Waals surface area contributed by atoms with Gasteiger partial charge in [-0.15, -0.1) is 0 Å². The number of nitrogens with zero attached hydrogens (tertiary/aromatic N) is 1. The van der Waals surface area contributed by atoms with Crippen LogP contribution in [0, 0.1) is 5.92 Å². The Morgan fingerprint density at radius 2 is 1.83 bits per heavy atom. The summed E-state index contributed by atoms with van der Waals surface area (Å²) in [5.74, 6) is 0.0986. The Balaban J connectivity index is 2.47.